The van der Waals surface area contributed by atoms with Crippen LogP contribution in [0.25, 0.3) is 11.0 Å². The molecule has 148 valence electrons. The fourth-order valence-electron chi connectivity index (χ4n) is 3.10. The number of nitrogens with one attached hydrogen (secondary N) is 2. The minimum atomic E-state index is -0.416. The number of nitrogens with zero attached hydrogens (tertiary/aromatic N) is 1. The molecule has 0 atom stereocenters. The van der Waals surface area contributed by atoms with E-state index in [1.165, 1.54) is 6.33 Å². The molecule has 4 rings (SSSR count). The lowest BCUT2D eigenvalue weighted by atomic mass is 10.1. The molecule has 0 saturated carbocycles. The fourth-order valence-corrected chi connectivity index (χ4v) is 3.82. The highest BCUT2D eigenvalue weighted by molar-refractivity contribution is 9.10. The van der Waals surface area contributed by atoms with Gasteiger partial charge < -0.3 is 15.0 Å². The molecule has 0 aliphatic rings. The van der Waals surface area contributed by atoms with E-state index >= 15 is 4.39 Å². The summed E-state index contributed by atoms with van der Waals surface area (Å²) in [7, 11) is 0. The first-order chi connectivity index (χ1) is 14.1. The molecule has 7 heteroatoms. The van der Waals surface area contributed by atoms with Crippen molar-refractivity contribution in [1.82, 2.24) is 9.97 Å². The number of ether oxygens (including phenoxy) is 1. The van der Waals surface area contributed by atoms with Crippen LogP contribution in [0.15, 0.2) is 65.4 Å². The van der Waals surface area contributed by atoms with Gasteiger partial charge in [0.05, 0.1) is 41.5 Å². The number of benzene rings is 3. The highest BCUT2D eigenvalue weighted by Crippen LogP contribution is 2.34. The van der Waals surface area contributed by atoms with Gasteiger partial charge in [0.2, 0.25) is 0 Å². The Morgan fingerprint density at radius 3 is 2.76 bits per heavy atom. The number of imidazole rings is 1. The van der Waals surface area contributed by atoms with Crippen molar-refractivity contribution in [3.63, 3.8) is 0 Å². The Balaban J connectivity index is 1.57. The molecule has 1 aromatic heterocycles. The van der Waals surface area contributed by atoms with Crippen molar-refractivity contribution in [3.8, 4) is 0 Å². The summed E-state index contributed by atoms with van der Waals surface area (Å²) in [6, 6.07) is 17.3. The normalized spacial score (nSPS) is 11.1. The maximum absolute atomic E-state index is 15.2. The first kappa shape index (κ1) is 19.9. The molecular weight excluding hydrogens is 457 g/mol. The van der Waals surface area contributed by atoms with E-state index in [1.54, 1.807) is 12.1 Å². The largest absolute Gasteiger partial charge is 0.376 e. The molecular formula is C22H18BrClFN3O. The Bertz CT molecular complexity index is 1130. The van der Waals surface area contributed by atoms with Gasteiger partial charge in [-0.3, -0.25) is 0 Å². The van der Waals surface area contributed by atoms with E-state index in [0.29, 0.717) is 41.5 Å². The van der Waals surface area contributed by atoms with Crippen LogP contribution in [0.2, 0.25) is 5.02 Å². The maximum Gasteiger partial charge on any atom is 0.174 e. The predicted molar refractivity (Wildman–Crippen MR) is 118 cm³/mol. The van der Waals surface area contributed by atoms with Crippen molar-refractivity contribution in [2.24, 2.45) is 0 Å². The summed E-state index contributed by atoms with van der Waals surface area (Å²) >= 11 is 9.70. The van der Waals surface area contributed by atoms with Crippen LogP contribution >= 0.6 is 27.5 Å². The van der Waals surface area contributed by atoms with Crippen LogP contribution in [0.5, 0.6) is 0 Å². The quantitative estimate of drug-likeness (QED) is 0.296. The summed E-state index contributed by atoms with van der Waals surface area (Å²) in [5, 5.41) is 3.63. The summed E-state index contributed by atoms with van der Waals surface area (Å²) in [5.74, 6) is -0.416. The molecule has 0 spiro atoms. The molecule has 3 aromatic carbocycles. The minimum absolute atomic E-state index is 0.287. The number of H-pyrrole nitrogens is 1. The summed E-state index contributed by atoms with van der Waals surface area (Å²) < 4.78 is 21.8. The van der Waals surface area contributed by atoms with Crippen LogP contribution in [-0.4, -0.2) is 16.6 Å². The zero-order valence-electron chi connectivity index (χ0n) is 15.4. The van der Waals surface area contributed by atoms with Gasteiger partial charge in [-0.2, -0.15) is 0 Å². The first-order valence-electron chi connectivity index (χ1n) is 9.10. The summed E-state index contributed by atoms with van der Waals surface area (Å²) in [6.45, 7) is 0.966. The molecule has 4 aromatic rings. The second-order valence-corrected chi connectivity index (χ2v) is 7.88. The second kappa shape index (κ2) is 8.95. The summed E-state index contributed by atoms with van der Waals surface area (Å²) in [4.78, 5) is 7.07. The zero-order chi connectivity index (χ0) is 20.2. The number of halogens is 3. The van der Waals surface area contributed by atoms with E-state index in [0.717, 1.165) is 15.6 Å². The fraction of sp³-hybridized carbons (Fsp3) is 0.136. The third kappa shape index (κ3) is 4.61. The standard InChI is InChI=1S/C22H18BrClFN3O/c23-16-6-7-18(17(24)11-16)28-21-15(10-19-22(20(21)25)27-13-26-19)8-9-29-12-14-4-2-1-3-5-14/h1-7,10-11,13,28H,8-9,12H2,(H,26,27). The highest BCUT2D eigenvalue weighted by atomic mass is 79.9. The number of hydrogen-bond acceptors (Lipinski definition) is 3. The van der Waals surface area contributed by atoms with Gasteiger partial charge >= 0.3 is 0 Å². The van der Waals surface area contributed by atoms with Crippen molar-refractivity contribution in [1.29, 1.82) is 0 Å². The molecule has 0 fully saturated rings. The van der Waals surface area contributed by atoms with Crippen LogP contribution in [0, 0.1) is 5.82 Å². The molecule has 29 heavy (non-hydrogen) atoms. The molecule has 1 heterocycles. The molecule has 2 N–H and O–H groups in total. The van der Waals surface area contributed by atoms with Gasteiger partial charge in [-0.05, 0) is 41.8 Å². The second-order valence-electron chi connectivity index (χ2n) is 6.56. The van der Waals surface area contributed by atoms with E-state index in [1.807, 2.05) is 42.5 Å². The number of fused-ring (bicyclic) bond motifs is 1. The lowest BCUT2D eigenvalue weighted by Gasteiger charge is -2.15. The Labute approximate surface area is 181 Å². The van der Waals surface area contributed by atoms with E-state index in [2.05, 4.69) is 31.2 Å². The van der Waals surface area contributed by atoms with Gasteiger partial charge in [0.25, 0.3) is 0 Å². The third-order valence-electron chi connectivity index (χ3n) is 4.55. The van der Waals surface area contributed by atoms with E-state index in [9.17, 15) is 0 Å². The molecule has 0 unspecified atom stereocenters. The van der Waals surface area contributed by atoms with Crippen molar-refractivity contribution in [2.45, 2.75) is 13.0 Å². The third-order valence-corrected chi connectivity index (χ3v) is 5.36. The number of hydrogen-bond donors (Lipinski definition) is 2. The number of aromatic amines is 1. The molecule has 0 saturated heterocycles. The van der Waals surface area contributed by atoms with Crippen molar-refractivity contribution in [2.75, 3.05) is 11.9 Å². The van der Waals surface area contributed by atoms with Crippen molar-refractivity contribution in [3.05, 3.63) is 87.4 Å². The monoisotopic (exact) mass is 473 g/mol. The topological polar surface area (TPSA) is 49.9 Å². The van der Waals surface area contributed by atoms with Gasteiger partial charge in [-0.1, -0.05) is 57.9 Å². The zero-order valence-corrected chi connectivity index (χ0v) is 17.7. The smallest absolute Gasteiger partial charge is 0.174 e. The summed E-state index contributed by atoms with van der Waals surface area (Å²) in [6.07, 6.45) is 2.02. The van der Waals surface area contributed by atoms with Gasteiger partial charge in [0, 0.05) is 4.47 Å². The minimum Gasteiger partial charge on any atom is -0.376 e. The Hall–Kier alpha value is -2.41. The number of anilines is 2. The van der Waals surface area contributed by atoms with Crippen LogP contribution < -0.4 is 5.32 Å². The van der Waals surface area contributed by atoms with E-state index in [4.69, 9.17) is 16.3 Å². The van der Waals surface area contributed by atoms with Gasteiger partial charge in [-0.15, -0.1) is 0 Å². The molecule has 0 amide bonds. The van der Waals surface area contributed by atoms with E-state index in [-0.39, 0.29) is 5.52 Å². The molecule has 0 aliphatic heterocycles. The van der Waals surface area contributed by atoms with Crippen LogP contribution in [0.4, 0.5) is 15.8 Å². The lowest BCUT2D eigenvalue weighted by Crippen LogP contribution is -2.05. The van der Waals surface area contributed by atoms with Crippen LogP contribution in [-0.2, 0) is 17.8 Å². The molecule has 4 nitrogen and oxygen atoms in total. The van der Waals surface area contributed by atoms with Gasteiger partial charge in [-0.25, -0.2) is 9.37 Å². The Morgan fingerprint density at radius 2 is 1.97 bits per heavy atom. The lowest BCUT2D eigenvalue weighted by molar-refractivity contribution is 0.124. The van der Waals surface area contributed by atoms with Crippen LogP contribution in [0.3, 0.4) is 0 Å². The van der Waals surface area contributed by atoms with Crippen molar-refractivity contribution >= 4 is 49.9 Å². The van der Waals surface area contributed by atoms with E-state index < -0.39 is 5.82 Å². The SMILES string of the molecule is Fc1c(Nc2ccc(Br)cc2Cl)c(CCOCc2ccccc2)cc2[nH]cnc12. The molecule has 0 radical (unpaired) electrons. The van der Waals surface area contributed by atoms with Gasteiger partial charge in [0.1, 0.15) is 5.52 Å². The maximum atomic E-state index is 15.2. The Morgan fingerprint density at radius 1 is 1.14 bits per heavy atom. The highest BCUT2D eigenvalue weighted by Gasteiger charge is 2.17. The van der Waals surface area contributed by atoms with Crippen molar-refractivity contribution < 1.29 is 9.13 Å². The first-order valence-corrected chi connectivity index (χ1v) is 10.3. The molecule has 0 aliphatic carbocycles. The average molecular weight is 475 g/mol. The summed E-state index contributed by atoms with van der Waals surface area (Å²) in [5.41, 5.74) is 3.80. The average Bonchev–Trinajstić information content (AvgIpc) is 3.19. The number of rotatable bonds is 7. The predicted octanol–water partition coefficient (Wildman–Crippen LogP) is 6.62. The number of aromatic nitrogens is 2. The van der Waals surface area contributed by atoms with Gasteiger partial charge in [0.15, 0.2) is 5.82 Å². The Kier molecular flexibility index (Phi) is 6.13. The molecule has 0 bridgehead atoms. The van der Waals surface area contributed by atoms with Crippen LogP contribution in [0.1, 0.15) is 11.1 Å².